The molecule has 3 rings (SSSR count). The number of rotatable bonds is 9. The lowest BCUT2D eigenvalue weighted by Gasteiger charge is -2.19. The molecule has 174 valence electrons. The van der Waals surface area contributed by atoms with Gasteiger partial charge >= 0.3 is 11.9 Å². The van der Waals surface area contributed by atoms with Crippen LogP contribution in [0, 0.1) is 19.8 Å². The van der Waals surface area contributed by atoms with Crippen LogP contribution in [0.2, 0.25) is 5.02 Å². The molecule has 1 aromatic heterocycles. The summed E-state index contributed by atoms with van der Waals surface area (Å²) in [6.45, 7) is 11.8. The number of nitrogens with zero attached hydrogens (tertiary/aromatic N) is 1. The van der Waals surface area contributed by atoms with Crippen molar-refractivity contribution in [1.82, 2.24) is 4.57 Å². The predicted molar refractivity (Wildman–Crippen MR) is 129 cm³/mol. The number of fused-ring (bicyclic) bond motifs is 1. The summed E-state index contributed by atoms with van der Waals surface area (Å²) in [5.41, 5.74) is 4.33. The normalized spacial score (nSPS) is 12.1. The molecular formula is C26H28ClNO5. The van der Waals surface area contributed by atoms with E-state index in [4.69, 9.17) is 21.1 Å². The van der Waals surface area contributed by atoms with Crippen LogP contribution in [0.3, 0.4) is 0 Å². The maximum atomic E-state index is 12.3. The van der Waals surface area contributed by atoms with E-state index in [0.29, 0.717) is 22.9 Å². The van der Waals surface area contributed by atoms with Gasteiger partial charge in [0.2, 0.25) is 0 Å². The summed E-state index contributed by atoms with van der Waals surface area (Å²) in [5, 5.41) is 10.9. The van der Waals surface area contributed by atoms with Gasteiger partial charge in [0.25, 0.3) is 0 Å². The minimum atomic E-state index is -1.01. The van der Waals surface area contributed by atoms with Gasteiger partial charge in [-0.3, -0.25) is 0 Å². The molecule has 2 aromatic carbocycles. The molecule has 0 spiro atoms. The maximum Gasteiger partial charge on any atom is 0.345 e. The molecule has 3 aromatic rings. The third kappa shape index (κ3) is 5.22. The Labute approximate surface area is 198 Å². The van der Waals surface area contributed by atoms with Crippen molar-refractivity contribution in [3.63, 3.8) is 0 Å². The lowest BCUT2D eigenvalue weighted by molar-refractivity contribution is -0.147. The minimum absolute atomic E-state index is 0.159. The molecule has 0 aliphatic heterocycles. The number of hydrogen-bond donors (Lipinski definition) is 1. The van der Waals surface area contributed by atoms with Crippen LogP contribution < -0.4 is 4.74 Å². The molecule has 0 aliphatic carbocycles. The first-order valence-electron chi connectivity index (χ1n) is 10.7. The summed E-state index contributed by atoms with van der Waals surface area (Å²) in [6, 6.07) is 10.6. The van der Waals surface area contributed by atoms with E-state index in [0.717, 1.165) is 27.7 Å². The van der Waals surface area contributed by atoms with Crippen molar-refractivity contribution in [1.29, 1.82) is 0 Å². The van der Waals surface area contributed by atoms with Crippen molar-refractivity contribution < 1.29 is 24.2 Å². The van der Waals surface area contributed by atoms with Crippen LogP contribution in [0.4, 0.5) is 0 Å². The molecule has 6 nitrogen and oxygen atoms in total. The summed E-state index contributed by atoms with van der Waals surface area (Å²) in [4.78, 5) is 23.8. The zero-order valence-corrected chi connectivity index (χ0v) is 20.0. The molecule has 33 heavy (non-hydrogen) atoms. The maximum absolute atomic E-state index is 12.3. The average molecular weight is 470 g/mol. The second kappa shape index (κ2) is 10.1. The number of carboxylic acids is 1. The van der Waals surface area contributed by atoms with Gasteiger partial charge in [0.15, 0.2) is 6.10 Å². The van der Waals surface area contributed by atoms with Gasteiger partial charge in [-0.15, -0.1) is 0 Å². The number of halogens is 1. The van der Waals surface area contributed by atoms with Crippen LogP contribution in [0.25, 0.3) is 10.9 Å². The summed E-state index contributed by atoms with van der Waals surface area (Å²) in [5.74, 6) is -1.14. The number of benzene rings is 2. The van der Waals surface area contributed by atoms with Gasteiger partial charge in [-0.25, -0.2) is 9.59 Å². The first-order chi connectivity index (χ1) is 15.6. The lowest BCUT2D eigenvalue weighted by Crippen LogP contribution is -2.32. The van der Waals surface area contributed by atoms with Crippen molar-refractivity contribution in [2.75, 3.05) is 6.61 Å². The van der Waals surface area contributed by atoms with Crippen molar-refractivity contribution in [2.45, 2.75) is 40.3 Å². The van der Waals surface area contributed by atoms with Gasteiger partial charge in [0.1, 0.15) is 12.4 Å². The number of carboxylic acid groups (broad SMARTS) is 1. The SMILES string of the molecule is C=CCOC(=O)c1ccc2c(c1)c(C)c(C)n2Cc1cc(O[C@@H](C(=O)O)C(C)C)ccc1Cl. The third-order valence-electron chi connectivity index (χ3n) is 5.66. The Kier molecular flexibility index (Phi) is 7.49. The minimum Gasteiger partial charge on any atom is -0.478 e. The summed E-state index contributed by atoms with van der Waals surface area (Å²) in [6.07, 6.45) is 0.582. The fourth-order valence-corrected chi connectivity index (χ4v) is 3.91. The number of aromatic nitrogens is 1. The Balaban J connectivity index is 1.96. The van der Waals surface area contributed by atoms with Gasteiger partial charge < -0.3 is 19.1 Å². The molecule has 1 heterocycles. The lowest BCUT2D eigenvalue weighted by atomic mass is 10.1. The number of carbonyl (C=O) groups is 2. The molecule has 0 bridgehead atoms. The zero-order valence-electron chi connectivity index (χ0n) is 19.2. The molecule has 0 amide bonds. The van der Waals surface area contributed by atoms with E-state index < -0.39 is 18.0 Å². The van der Waals surface area contributed by atoms with Crippen molar-refractivity contribution in [3.8, 4) is 5.75 Å². The van der Waals surface area contributed by atoms with Crippen LogP contribution in [0.5, 0.6) is 5.75 Å². The van der Waals surface area contributed by atoms with Crippen LogP contribution in [-0.2, 0) is 16.1 Å². The van der Waals surface area contributed by atoms with Gasteiger partial charge in [-0.1, -0.05) is 38.1 Å². The number of aliphatic carboxylic acids is 1. The predicted octanol–water partition coefficient (Wildman–Crippen LogP) is 5.79. The quantitative estimate of drug-likeness (QED) is 0.317. The Hall–Kier alpha value is -3.25. The zero-order chi connectivity index (χ0) is 24.3. The Morgan fingerprint density at radius 3 is 2.55 bits per heavy atom. The van der Waals surface area contributed by atoms with Gasteiger partial charge in [-0.2, -0.15) is 0 Å². The number of esters is 1. The Morgan fingerprint density at radius 1 is 1.18 bits per heavy atom. The number of carbonyl (C=O) groups excluding carboxylic acids is 1. The number of hydrogen-bond acceptors (Lipinski definition) is 4. The van der Waals surface area contributed by atoms with Gasteiger partial charge in [-0.05, 0) is 61.4 Å². The molecular weight excluding hydrogens is 442 g/mol. The molecule has 1 N–H and O–H groups in total. The van der Waals surface area contributed by atoms with Crippen molar-refractivity contribution in [2.24, 2.45) is 5.92 Å². The van der Waals surface area contributed by atoms with E-state index in [9.17, 15) is 14.7 Å². The summed E-state index contributed by atoms with van der Waals surface area (Å²) >= 11 is 6.48. The molecule has 0 aliphatic rings. The highest BCUT2D eigenvalue weighted by atomic mass is 35.5. The molecule has 1 atom stereocenters. The molecule has 0 saturated carbocycles. The van der Waals surface area contributed by atoms with Crippen molar-refractivity contribution in [3.05, 3.63) is 76.5 Å². The van der Waals surface area contributed by atoms with E-state index in [1.54, 1.807) is 38.1 Å². The average Bonchev–Trinajstić information content (AvgIpc) is 3.01. The van der Waals surface area contributed by atoms with E-state index in [1.807, 2.05) is 26.0 Å². The molecule has 0 radical (unpaired) electrons. The van der Waals surface area contributed by atoms with E-state index in [1.165, 1.54) is 6.08 Å². The fraction of sp³-hybridized carbons (Fsp3) is 0.308. The first-order valence-corrected chi connectivity index (χ1v) is 11.1. The molecule has 0 unspecified atom stereocenters. The monoisotopic (exact) mass is 469 g/mol. The Morgan fingerprint density at radius 2 is 1.91 bits per heavy atom. The van der Waals surface area contributed by atoms with Crippen molar-refractivity contribution >= 4 is 34.4 Å². The number of ether oxygens (including phenoxy) is 2. The van der Waals surface area contributed by atoms with E-state index in [-0.39, 0.29) is 12.5 Å². The van der Waals surface area contributed by atoms with Gasteiger partial charge in [0.05, 0.1) is 5.56 Å². The highest BCUT2D eigenvalue weighted by Gasteiger charge is 2.24. The van der Waals surface area contributed by atoms with Crippen LogP contribution in [0.15, 0.2) is 49.1 Å². The highest BCUT2D eigenvalue weighted by molar-refractivity contribution is 6.31. The fourth-order valence-electron chi connectivity index (χ4n) is 3.73. The van der Waals surface area contributed by atoms with E-state index in [2.05, 4.69) is 11.1 Å². The smallest absolute Gasteiger partial charge is 0.345 e. The van der Waals surface area contributed by atoms with Crippen LogP contribution >= 0.6 is 11.6 Å². The summed E-state index contributed by atoms with van der Waals surface area (Å²) in [7, 11) is 0. The topological polar surface area (TPSA) is 77.8 Å². The third-order valence-corrected chi connectivity index (χ3v) is 6.03. The second-order valence-electron chi connectivity index (χ2n) is 8.29. The highest BCUT2D eigenvalue weighted by Crippen LogP contribution is 2.30. The second-order valence-corrected chi connectivity index (χ2v) is 8.70. The standard InChI is InChI=1S/C26H28ClNO5/c1-6-11-32-26(31)18-7-10-23-21(13-18)16(4)17(5)28(23)14-19-12-20(8-9-22(19)27)33-24(15(2)3)25(29)30/h6-10,12-13,15,24H,1,11,14H2,2-5H3,(H,29,30)/t24-/m1/s1. The van der Waals surface area contributed by atoms with Crippen LogP contribution in [-0.4, -0.2) is 34.3 Å². The first kappa shape index (κ1) is 24.4. The Bertz CT molecular complexity index is 1210. The molecule has 7 heteroatoms. The van der Waals surface area contributed by atoms with Gasteiger partial charge in [0, 0.05) is 34.1 Å². The summed E-state index contributed by atoms with van der Waals surface area (Å²) < 4.78 is 13.0. The van der Waals surface area contributed by atoms with Crippen LogP contribution in [0.1, 0.15) is 41.0 Å². The number of aryl methyl sites for hydroxylation is 1. The van der Waals surface area contributed by atoms with E-state index >= 15 is 0 Å². The molecule has 0 saturated heterocycles. The molecule has 0 fully saturated rings. The largest absolute Gasteiger partial charge is 0.478 e.